The zero-order chi connectivity index (χ0) is 10.6. The largest absolute Gasteiger partial charge is 0.395 e. The summed E-state index contributed by atoms with van der Waals surface area (Å²) in [5.74, 6) is 0. The minimum absolute atomic E-state index is 0.00917. The Hall–Kier alpha value is -1.08. The van der Waals surface area contributed by atoms with Crippen molar-refractivity contribution >= 4 is 0 Å². The van der Waals surface area contributed by atoms with Crippen LogP contribution in [-0.2, 0) is 5.41 Å². The van der Waals surface area contributed by atoms with Gasteiger partial charge < -0.3 is 5.11 Å². The molecule has 1 heteroatoms. The van der Waals surface area contributed by atoms with Gasteiger partial charge in [-0.15, -0.1) is 0 Å². The zero-order valence-electron chi connectivity index (χ0n) is 9.02. The standard InChI is InChI=1S/C14H18O/c15-12-14(10-6-1-2-7-11-14)13-8-4-3-5-9-13/h1-5,8-9,15H,6-7,10-12H2. The van der Waals surface area contributed by atoms with Gasteiger partial charge in [-0.25, -0.2) is 0 Å². The Morgan fingerprint density at radius 1 is 1.00 bits per heavy atom. The van der Waals surface area contributed by atoms with Gasteiger partial charge in [0.05, 0.1) is 6.61 Å². The van der Waals surface area contributed by atoms with E-state index in [2.05, 4.69) is 36.4 Å². The van der Waals surface area contributed by atoms with Crippen LogP contribution in [-0.4, -0.2) is 11.7 Å². The molecule has 0 fully saturated rings. The highest BCUT2D eigenvalue weighted by Crippen LogP contribution is 2.35. The Bertz CT molecular complexity index is 316. The first-order chi connectivity index (χ1) is 7.37. The van der Waals surface area contributed by atoms with Crippen molar-refractivity contribution in [3.63, 3.8) is 0 Å². The quantitative estimate of drug-likeness (QED) is 0.731. The van der Waals surface area contributed by atoms with Crippen LogP contribution in [0.15, 0.2) is 42.5 Å². The molecule has 0 radical (unpaired) electrons. The topological polar surface area (TPSA) is 20.2 Å². The Balaban J connectivity index is 2.28. The summed E-state index contributed by atoms with van der Waals surface area (Å²) in [6, 6.07) is 10.4. The highest BCUT2D eigenvalue weighted by Gasteiger charge is 2.30. The van der Waals surface area contributed by atoms with Gasteiger partial charge in [-0.05, 0) is 31.2 Å². The van der Waals surface area contributed by atoms with Gasteiger partial charge in [-0.1, -0.05) is 42.5 Å². The predicted molar refractivity (Wildman–Crippen MR) is 62.8 cm³/mol. The molecule has 0 saturated heterocycles. The molecule has 1 aliphatic rings. The number of hydrogen-bond donors (Lipinski definition) is 1. The van der Waals surface area contributed by atoms with Crippen molar-refractivity contribution in [2.75, 3.05) is 6.61 Å². The summed E-state index contributed by atoms with van der Waals surface area (Å²) in [6.07, 6.45) is 8.75. The number of rotatable bonds is 2. The lowest BCUT2D eigenvalue weighted by molar-refractivity contribution is 0.177. The molecular formula is C14H18O. The number of aliphatic hydroxyl groups is 1. The fraction of sp³-hybridized carbons (Fsp3) is 0.429. The van der Waals surface area contributed by atoms with Crippen LogP contribution in [0.3, 0.4) is 0 Å². The lowest BCUT2D eigenvalue weighted by Gasteiger charge is -2.31. The van der Waals surface area contributed by atoms with Gasteiger partial charge in [0.2, 0.25) is 0 Å². The number of hydrogen-bond acceptors (Lipinski definition) is 1. The van der Waals surface area contributed by atoms with Crippen molar-refractivity contribution in [3.8, 4) is 0 Å². The SMILES string of the molecule is OCC1(c2ccccc2)CCC=CCC1. The lowest BCUT2D eigenvalue weighted by atomic mass is 9.75. The molecular weight excluding hydrogens is 184 g/mol. The fourth-order valence-corrected chi connectivity index (χ4v) is 2.41. The zero-order valence-corrected chi connectivity index (χ0v) is 9.02. The highest BCUT2D eigenvalue weighted by molar-refractivity contribution is 5.26. The van der Waals surface area contributed by atoms with Crippen molar-refractivity contribution < 1.29 is 5.11 Å². The Morgan fingerprint density at radius 3 is 2.13 bits per heavy atom. The normalized spacial score (nSPS) is 19.8. The molecule has 1 nitrogen and oxygen atoms in total. The highest BCUT2D eigenvalue weighted by atomic mass is 16.3. The molecule has 0 aliphatic heterocycles. The van der Waals surface area contributed by atoms with E-state index in [4.69, 9.17) is 0 Å². The molecule has 15 heavy (non-hydrogen) atoms. The summed E-state index contributed by atoms with van der Waals surface area (Å²) in [7, 11) is 0. The fourth-order valence-electron chi connectivity index (χ4n) is 2.41. The lowest BCUT2D eigenvalue weighted by Crippen LogP contribution is -2.29. The van der Waals surface area contributed by atoms with E-state index in [-0.39, 0.29) is 12.0 Å². The number of allylic oxidation sites excluding steroid dienone is 2. The van der Waals surface area contributed by atoms with E-state index in [1.165, 1.54) is 5.56 Å². The maximum Gasteiger partial charge on any atom is 0.0528 e. The minimum atomic E-state index is -0.00917. The third-order valence-corrected chi connectivity index (χ3v) is 3.43. The molecule has 0 atom stereocenters. The van der Waals surface area contributed by atoms with E-state index >= 15 is 0 Å². The molecule has 0 unspecified atom stereocenters. The van der Waals surface area contributed by atoms with Gasteiger partial charge in [0.15, 0.2) is 0 Å². The van der Waals surface area contributed by atoms with Gasteiger partial charge in [0.25, 0.3) is 0 Å². The van der Waals surface area contributed by atoms with Crippen LogP contribution < -0.4 is 0 Å². The van der Waals surface area contributed by atoms with E-state index in [0.29, 0.717) is 0 Å². The Morgan fingerprint density at radius 2 is 1.60 bits per heavy atom. The molecule has 1 aromatic rings. The number of benzene rings is 1. The molecule has 0 amide bonds. The average Bonchev–Trinajstić information content (AvgIpc) is 2.56. The van der Waals surface area contributed by atoms with Gasteiger partial charge >= 0.3 is 0 Å². The molecule has 0 heterocycles. The third kappa shape index (κ3) is 2.13. The third-order valence-electron chi connectivity index (χ3n) is 3.43. The van der Waals surface area contributed by atoms with Crippen molar-refractivity contribution in [2.45, 2.75) is 31.1 Å². The van der Waals surface area contributed by atoms with E-state index in [1.54, 1.807) is 0 Å². The summed E-state index contributed by atoms with van der Waals surface area (Å²) < 4.78 is 0. The second-order valence-electron chi connectivity index (χ2n) is 4.35. The van der Waals surface area contributed by atoms with Crippen LogP contribution in [0, 0.1) is 0 Å². The number of aliphatic hydroxyl groups excluding tert-OH is 1. The summed E-state index contributed by atoms with van der Waals surface area (Å²) in [5, 5.41) is 9.69. The molecule has 80 valence electrons. The molecule has 0 spiro atoms. The summed E-state index contributed by atoms with van der Waals surface area (Å²) in [6.45, 7) is 0.263. The summed E-state index contributed by atoms with van der Waals surface area (Å²) in [5.41, 5.74) is 1.28. The van der Waals surface area contributed by atoms with Crippen LogP contribution in [0.4, 0.5) is 0 Å². The van der Waals surface area contributed by atoms with Gasteiger partial charge in [0, 0.05) is 5.41 Å². The second kappa shape index (κ2) is 4.63. The van der Waals surface area contributed by atoms with Crippen LogP contribution in [0.2, 0.25) is 0 Å². The van der Waals surface area contributed by atoms with Gasteiger partial charge in [-0.3, -0.25) is 0 Å². The first-order valence-corrected chi connectivity index (χ1v) is 5.69. The average molecular weight is 202 g/mol. The smallest absolute Gasteiger partial charge is 0.0528 e. The Labute approximate surface area is 91.4 Å². The summed E-state index contributed by atoms with van der Waals surface area (Å²) in [4.78, 5) is 0. The minimum Gasteiger partial charge on any atom is -0.395 e. The van der Waals surface area contributed by atoms with Crippen molar-refractivity contribution in [1.82, 2.24) is 0 Å². The van der Waals surface area contributed by atoms with Crippen molar-refractivity contribution in [1.29, 1.82) is 0 Å². The van der Waals surface area contributed by atoms with Gasteiger partial charge in [-0.2, -0.15) is 0 Å². The Kier molecular flexibility index (Phi) is 3.22. The van der Waals surface area contributed by atoms with E-state index in [0.717, 1.165) is 25.7 Å². The van der Waals surface area contributed by atoms with Crippen molar-refractivity contribution in [2.24, 2.45) is 0 Å². The van der Waals surface area contributed by atoms with Gasteiger partial charge in [0.1, 0.15) is 0 Å². The van der Waals surface area contributed by atoms with Crippen molar-refractivity contribution in [3.05, 3.63) is 48.0 Å². The van der Waals surface area contributed by atoms with Crippen LogP contribution in [0.5, 0.6) is 0 Å². The molecule has 0 bridgehead atoms. The second-order valence-corrected chi connectivity index (χ2v) is 4.35. The van der Waals surface area contributed by atoms with Crippen LogP contribution in [0.25, 0.3) is 0 Å². The maximum atomic E-state index is 9.69. The first-order valence-electron chi connectivity index (χ1n) is 5.69. The van der Waals surface area contributed by atoms with Crippen LogP contribution >= 0.6 is 0 Å². The molecule has 2 rings (SSSR count). The molecule has 1 aromatic carbocycles. The summed E-state index contributed by atoms with van der Waals surface area (Å²) >= 11 is 0. The first kappa shape index (κ1) is 10.4. The maximum absolute atomic E-state index is 9.69. The molecule has 0 aromatic heterocycles. The van der Waals surface area contributed by atoms with E-state index in [9.17, 15) is 5.11 Å². The van der Waals surface area contributed by atoms with E-state index < -0.39 is 0 Å². The van der Waals surface area contributed by atoms with Crippen LogP contribution in [0.1, 0.15) is 31.2 Å². The predicted octanol–water partition coefficient (Wildman–Crippen LogP) is 3.05. The molecule has 1 aliphatic carbocycles. The van der Waals surface area contributed by atoms with E-state index in [1.807, 2.05) is 6.07 Å². The molecule has 0 saturated carbocycles. The monoisotopic (exact) mass is 202 g/mol. The molecule has 1 N–H and O–H groups in total.